The zero-order chi connectivity index (χ0) is 23.9. The molecular formula is C31H40N2O. The van der Waals surface area contributed by atoms with Gasteiger partial charge in [0.15, 0.2) is 5.75 Å². The molecule has 0 radical (unpaired) electrons. The Morgan fingerprint density at radius 2 is 1.21 bits per heavy atom. The number of para-hydroxylation sites is 4. The summed E-state index contributed by atoms with van der Waals surface area (Å²) in [5.41, 5.74) is 5.72. The Labute approximate surface area is 206 Å². The lowest BCUT2D eigenvalue weighted by Crippen LogP contribution is -2.27. The summed E-state index contributed by atoms with van der Waals surface area (Å²) in [6, 6.07) is 25.6. The first kappa shape index (κ1) is 24.2. The Bertz CT molecular complexity index is 1010. The summed E-state index contributed by atoms with van der Waals surface area (Å²) in [5, 5.41) is 0. The molecular weight excluding hydrogens is 416 g/mol. The van der Waals surface area contributed by atoms with Crippen LogP contribution in [0, 0.1) is 0 Å². The van der Waals surface area contributed by atoms with E-state index in [9.17, 15) is 0 Å². The number of hydrogen-bond donors (Lipinski definition) is 0. The topological polar surface area (TPSA) is 15.7 Å². The first-order valence-electron chi connectivity index (χ1n) is 13.1. The van der Waals surface area contributed by atoms with Crippen LogP contribution in [0.25, 0.3) is 0 Å². The van der Waals surface area contributed by atoms with Crippen molar-refractivity contribution in [3.8, 4) is 11.5 Å². The quantitative estimate of drug-likeness (QED) is 0.304. The molecule has 0 unspecified atom stereocenters. The van der Waals surface area contributed by atoms with E-state index in [0.717, 1.165) is 36.9 Å². The van der Waals surface area contributed by atoms with Crippen molar-refractivity contribution in [2.24, 2.45) is 0 Å². The highest BCUT2D eigenvalue weighted by atomic mass is 16.5. The lowest BCUT2D eigenvalue weighted by molar-refractivity contribution is 0.482. The second-order valence-electron chi connectivity index (χ2n) is 9.36. The lowest BCUT2D eigenvalue weighted by atomic mass is 9.85. The molecule has 34 heavy (non-hydrogen) atoms. The van der Waals surface area contributed by atoms with Gasteiger partial charge in [-0.1, -0.05) is 76.2 Å². The van der Waals surface area contributed by atoms with E-state index in [1.807, 2.05) is 30.3 Å². The molecule has 0 aromatic heterocycles. The summed E-state index contributed by atoms with van der Waals surface area (Å²) in [6.07, 6.45) is 4.73. The van der Waals surface area contributed by atoms with E-state index < -0.39 is 0 Å². The summed E-state index contributed by atoms with van der Waals surface area (Å²) >= 11 is 0. The van der Waals surface area contributed by atoms with Crippen molar-refractivity contribution in [1.29, 1.82) is 0 Å². The van der Waals surface area contributed by atoms with Gasteiger partial charge in [0.25, 0.3) is 0 Å². The summed E-state index contributed by atoms with van der Waals surface area (Å²) < 4.78 is 6.30. The summed E-state index contributed by atoms with van der Waals surface area (Å²) in [6.45, 7) is 12.2. The Morgan fingerprint density at radius 1 is 0.647 bits per heavy atom. The molecule has 0 saturated carbocycles. The number of anilines is 2. The first-order chi connectivity index (χ1) is 16.7. The van der Waals surface area contributed by atoms with Crippen LogP contribution in [0.1, 0.15) is 76.3 Å². The van der Waals surface area contributed by atoms with Gasteiger partial charge in [0.1, 0.15) is 5.75 Å². The molecule has 1 saturated heterocycles. The van der Waals surface area contributed by atoms with Gasteiger partial charge >= 0.3 is 0 Å². The molecule has 3 aromatic rings. The average Bonchev–Trinajstić information content (AvgIpc) is 3.36. The lowest BCUT2D eigenvalue weighted by Gasteiger charge is -2.31. The molecule has 1 aliphatic heterocycles. The first-order valence-corrected chi connectivity index (χ1v) is 13.1. The zero-order valence-electron chi connectivity index (χ0n) is 21.3. The number of benzene rings is 3. The van der Waals surface area contributed by atoms with Crippen molar-refractivity contribution < 1.29 is 4.74 Å². The van der Waals surface area contributed by atoms with Crippen LogP contribution in [-0.4, -0.2) is 19.8 Å². The SMILES string of the molecule is CCC(CC)c1cccc(C(CC)CC)c1N1CCN(c2ccccc2Oc2ccccc2)C1. The summed E-state index contributed by atoms with van der Waals surface area (Å²) in [5.74, 6) is 3.00. The predicted molar refractivity (Wildman–Crippen MR) is 146 cm³/mol. The molecule has 0 atom stereocenters. The van der Waals surface area contributed by atoms with Gasteiger partial charge < -0.3 is 14.5 Å². The molecule has 0 amide bonds. The molecule has 0 bridgehead atoms. The van der Waals surface area contributed by atoms with Gasteiger partial charge in [-0.3, -0.25) is 0 Å². The highest BCUT2D eigenvalue weighted by Crippen LogP contribution is 2.42. The standard InChI is InChI=1S/C31H40N2O/c1-5-24(6-2)27-17-14-18-28(25(7-3)8-4)31(27)33-22-21-32(23-33)29-19-12-13-20-30(29)34-26-15-10-9-11-16-26/h9-20,24-25H,5-8,21-23H2,1-4H3. The molecule has 180 valence electrons. The van der Waals surface area contributed by atoms with Crippen LogP contribution in [0.15, 0.2) is 72.8 Å². The third-order valence-corrected chi connectivity index (χ3v) is 7.42. The molecule has 1 fully saturated rings. The molecule has 1 heterocycles. The van der Waals surface area contributed by atoms with Crippen LogP contribution in [0.5, 0.6) is 11.5 Å². The van der Waals surface area contributed by atoms with Gasteiger partial charge in [0, 0.05) is 18.8 Å². The van der Waals surface area contributed by atoms with Gasteiger partial charge in [-0.2, -0.15) is 0 Å². The van der Waals surface area contributed by atoms with Crippen LogP contribution < -0.4 is 14.5 Å². The third kappa shape index (κ3) is 5.09. The average molecular weight is 457 g/mol. The molecule has 3 nitrogen and oxygen atoms in total. The Hall–Kier alpha value is -2.94. The van der Waals surface area contributed by atoms with Gasteiger partial charge in [-0.05, 0) is 72.9 Å². The molecule has 1 aliphatic rings. The van der Waals surface area contributed by atoms with Gasteiger partial charge in [0.05, 0.1) is 12.4 Å². The van der Waals surface area contributed by atoms with Crippen LogP contribution in [0.4, 0.5) is 11.4 Å². The molecule has 0 spiro atoms. The van der Waals surface area contributed by atoms with E-state index in [1.165, 1.54) is 42.5 Å². The van der Waals surface area contributed by atoms with E-state index in [0.29, 0.717) is 11.8 Å². The van der Waals surface area contributed by atoms with E-state index in [2.05, 4.69) is 80.0 Å². The zero-order valence-corrected chi connectivity index (χ0v) is 21.3. The second-order valence-corrected chi connectivity index (χ2v) is 9.36. The van der Waals surface area contributed by atoms with E-state index in [1.54, 1.807) is 0 Å². The number of nitrogens with zero attached hydrogens (tertiary/aromatic N) is 2. The predicted octanol–water partition coefficient (Wildman–Crippen LogP) is 8.57. The van der Waals surface area contributed by atoms with Crippen LogP contribution >= 0.6 is 0 Å². The van der Waals surface area contributed by atoms with Gasteiger partial charge in [-0.15, -0.1) is 0 Å². The van der Waals surface area contributed by atoms with Crippen molar-refractivity contribution >= 4 is 11.4 Å². The van der Waals surface area contributed by atoms with E-state index >= 15 is 0 Å². The molecule has 0 aliphatic carbocycles. The van der Waals surface area contributed by atoms with Gasteiger partial charge in [-0.25, -0.2) is 0 Å². The Morgan fingerprint density at radius 3 is 1.82 bits per heavy atom. The highest BCUT2D eigenvalue weighted by molar-refractivity contribution is 5.67. The minimum absolute atomic E-state index is 0.604. The fourth-order valence-corrected chi connectivity index (χ4v) is 5.45. The summed E-state index contributed by atoms with van der Waals surface area (Å²) in [7, 11) is 0. The van der Waals surface area contributed by atoms with Crippen LogP contribution in [0.2, 0.25) is 0 Å². The van der Waals surface area contributed by atoms with Crippen molar-refractivity contribution in [3.05, 3.63) is 83.9 Å². The fourth-order valence-electron chi connectivity index (χ4n) is 5.45. The molecule has 0 N–H and O–H groups in total. The van der Waals surface area contributed by atoms with Crippen molar-refractivity contribution in [3.63, 3.8) is 0 Å². The highest BCUT2D eigenvalue weighted by Gasteiger charge is 2.29. The molecule has 3 aromatic carbocycles. The van der Waals surface area contributed by atoms with E-state index in [-0.39, 0.29) is 0 Å². The number of rotatable bonds is 10. The molecule has 4 rings (SSSR count). The maximum atomic E-state index is 6.30. The maximum absolute atomic E-state index is 6.30. The van der Waals surface area contributed by atoms with Crippen LogP contribution in [-0.2, 0) is 0 Å². The Balaban J connectivity index is 1.66. The number of ether oxygens (including phenoxy) is 1. The van der Waals surface area contributed by atoms with Crippen molar-refractivity contribution in [2.45, 2.75) is 65.2 Å². The minimum atomic E-state index is 0.604. The number of hydrogen-bond acceptors (Lipinski definition) is 3. The normalized spacial score (nSPS) is 13.8. The Kier molecular flexibility index (Phi) is 8.16. The van der Waals surface area contributed by atoms with Crippen molar-refractivity contribution in [1.82, 2.24) is 0 Å². The minimum Gasteiger partial charge on any atom is -0.455 e. The second kappa shape index (κ2) is 11.5. The van der Waals surface area contributed by atoms with Crippen molar-refractivity contribution in [2.75, 3.05) is 29.6 Å². The molecule has 3 heteroatoms. The smallest absolute Gasteiger partial charge is 0.150 e. The summed E-state index contributed by atoms with van der Waals surface area (Å²) in [4.78, 5) is 5.10. The van der Waals surface area contributed by atoms with Crippen LogP contribution in [0.3, 0.4) is 0 Å². The monoisotopic (exact) mass is 456 g/mol. The van der Waals surface area contributed by atoms with E-state index in [4.69, 9.17) is 4.74 Å². The third-order valence-electron chi connectivity index (χ3n) is 7.42. The largest absolute Gasteiger partial charge is 0.455 e. The van der Waals surface area contributed by atoms with Gasteiger partial charge in [0.2, 0.25) is 0 Å². The maximum Gasteiger partial charge on any atom is 0.150 e. The fraction of sp³-hybridized carbons (Fsp3) is 0.419.